The first kappa shape index (κ1) is 7.15. The van der Waals surface area contributed by atoms with Gasteiger partial charge in [0, 0.05) is 20.3 Å². The van der Waals surface area contributed by atoms with E-state index < -0.39 is 0 Å². The largest absolute Gasteiger partial charge is 0.387 e. The van der Waals surface area contributed by atoms with Gasteiger partial charge in [-0.2, -0.15) is 0 Å². The van der Waals surface area contributed by atoms with E-state index in [0.717, 1.165) is 12.2 Å². The summed E-state index contributed by atoms with van der Waals surface area (Å²) in [5.41, 5.74) is 4.16. The minimum atomic E-state index is 0.932. The van der Waals surface area contributed by atoms with Crippen molar-refractivity contribution in [1.82, 2.24) is 15.8 Å². The zero-order chi connectivity index (χ0) is 7.40. The number of hydrogen-bond acceptors (Lipinski definition) is 3. The molecule has 0 atom stereocenters. The van der Waals surface area contributed by atoms with Gasteiger partial charge in [-0.3, -0.25) is 0 Å². The lowest BCUT2D eigenvalue weighted by Gasteiger charge is -2.21. The molecule has 3 heteroatoms. The standard InChI is InChI=1S/C7H13N3/c1-8-7-4-3-5-10(6-7)9-2/h3-4,6,8-9H,5H2,1-2H3. The molecule has 0 spiro atoms. The number of rotatable bonds is 2. The summed E-state index contributed by atoms with van der Waals surface area (Å²) in [6.45, 7) is 0.932. The van der Waals surface area contributed by atoms with Gasteiger partial charge in [0.2, 0.25) is 0 Å². The van der Waals surface area contributed by atoms with Gasteiger partial charge in [-0.25, -0.2) is 5.43 Å². The quantitative estimate of drug-likeness (QED) is 0.566. The third-order valence-electron chi connectivity index (χ3n) is 1.47. The molecule has 0 aliphatic carbocycles. The number of nitrogens with one attached hydrogen (secondary N) is 2. The zero-order valence-electron chi connectivity index (χ0n) is 6.39. The summed E-state index contributed by atoms with van der Waals surface area (Å²) in [5.74, 6) is 0. The highest BCUT2D eigenvalue weighted by atomic mass is 15.5. The Morgan fingerprint density at radius 3 is 2.90 bits per heavy atom. The van der Waals surface area contributed by atoms with Crippen LogP contribution in [0.15, 0.2) is 24.0 Å². The summed E-state index contributed by atoms with van der Waals surface area (Å²) < 4.78 is 0. The van der Waals surface area contributed by atoms with Crippen molar-refractivity contribution in [3.8, 4) is 0 Å². The third kappa shape index (κ3) is 1.51. The van der Waals surface area contributed by atoms with Crippen molar-refractivity contribution in [3.63, 3.8) is 0 Å². The second-order valence-electron chi connectivity index (χ2n) is 2.11. The molecule has 0 unspecified atom stereocenters. The SMILES string of the molecule is CNC1=CN(NC)CC=C1. The van der Waals surface area contributed by atoms with E-state index in [1.165, 1.54) is 0 Å². The summed E-state index contributed by atoms with van der Waals surface area (Å²) in [6.07, 6.45) is 6.19. The molecule has 0 fully saturated rings. The Morgan fingerprint density at radius 1 is 1.50 bits per heavy atom. The second kappa shape index (κ2) is 3.27. The predicted octanol–water partition coefficient (Wildman–Crippen LogP) is 0.0534. The highest BCUT2D eigenvalue weighted by molar-refractivity contribution is 5.19. The molecule has 0 radical (unpaired) electrons. The molecule has 56 valence electrons. The Bertz CT molecular complexity index is 160. The molecule has 0 bridgehead atoms. The average Bonchev–Trinajstić information content (AvgIpc) is 2.05. The van der Waals surface area contributed by atoms with Crippen LogP contribution in [0.1, 0.15) is 0 Å². The summed E-state index contributed by atoms with van der Waals surface area (Å²) >= 11 is 0. The maximum atomic E-state index is 3.06. The van der Waals surface area contributed by atoms with Gasteiger partial charge in [0.15, 0.2) is 0 Å². The van der Waals surface area contributed by atoms with E-state index in [4.69, 9.17) is 0 Å². The molecule has 2 N–H and O–H groups in total. The highest BCUT2D eigenvalue weighted by Gasteiger charge is 1.99. The van der Waals surface area contributed by atoms with Crippen LogP contribution in [0.3, 0.4) is 0 Å². The Morgan fingerprint density at radius 2 is 2.30 bits per heavy atom. The minimum Gasteiger partial charge on any atom is -0.387 e. The lowest BCUT2D eigenvalue weighted by atomic mass is 10.3. The van der Waals surface area contributed by atoms with Crippen molar-refractivity contribution in [1.29, 1.82) is 0 Å². The van der Waals surface area contributed by atoms with E-state index in [0.29, 0.717) is 0 Å². The van der Waals surface area contributed by atoms with Gasteiger partial charge in [0.1, 0.15) is 0 Å². The van der Waals surface area contributed by atoms with Crippen LogP contribution in [0.4, 0.5) is 0 Å². The lowest BCUT2D eigenvalue weighted by Crippen LogP contribution is -2.32. The van der Waals surface area contributed by atoms with Crippen LogP contribution in [0.2, 0.25) is 0 Å². The van der Waals surface area contributed by atoms with Crippen molar-refractivity contribution >= 4 is 0 Å². The fourth-order valence-electron chi connectivity index (χ4n) is 0.861. The van der Waals surface area contributed by atoms with Crippen LogP contribution in [0, 0.1) is 0 Å². The summed E-state index contributed by atoms with van der Waals surface area (Å²) in [7, 11) is 3.82. The third-order valence-corrected chi connectivity index (χ3v) is 1.47. The molecule has 0 aromatic carbocycles. The first-order valence-corrected chi connectivity index (χ1v) is 3.37. The molecular formula is C7H13N3. The topological polar surface area (TPSA) is 27.3 Å². The van der Waals surface area contributed by atoms with E-state index in [-0.39, 0.29) is 0 Å². The fraction of sp³-hybridized carbons (Fsp3) is 0.429. The minimum absolute atomic E-state index is 0.932. The number of likely N-dealkylation sites (N-methyl/N-ethyl adjacent to an activating group) is 1. The molecule has 0 saturated heterocycles. The number of nitrogens with zero attached hydrogens (tertiary/aromatic N) is 1. The molecule has 1 rings (SSSR count). The van der Waals surface area contributed by atoms with E-state index in [9.17, 15) is 0 Å². The van der Waals surface area contributed by atoms with Crippen molar-refractivity contribution in [2.24, 2.45) is 0 Å². The van der Waals surface area contributed by atoms with Gasteiger partial charge in [0.25, 0.3) is 0 Å². The van der Waals surface area contributed by atoms with E-state index in [1.807, 2.05) is 25.3 Å². The molecule has 0 saturated carbocycles. The Balaban J connectivity index is 2.56. The maximum Gasteiger partial charge on any atom is 0.0523 e. The number of allylic oxidation sites excluding steroid dienone is 1. The fourth-order valence-corrected chi connectivity index (χ4v) is 0.861. The molecular weight excluding hydrogens is 126 g/mol. The van der Waals surface area contributed by atoms with Gasteiger partial charge in [-0.1, -0.05) is 6.08 Å². The molecule has 1 heterocycles. The van der Waals surface area contributed by atoms with Crippen LogP contribution in [-0.2, 0) is 0 Å². The highest BCUT2D eigenvalue weighted by Crippen LogP contribution is 2.00. The molecule has 10 heavy (non-hydrogen) atoms. The summed E-state index contributed by atoms with van der Waals surface area (Å²) in [4.78, 5) is 0. The Labute approximate surface area is 61.4 Å². The van der Waals surface area contributed by atoms with Crippen LogP contribution >= 0.6 is 0 Å². The van der Waals surface area contributed by atoms with Crippen LogP contribution < -0.4 is 10.7 Å². The van der Waals surface area contributed by atoms with E-state index >= 15 is 0 Å². The molecule has 0 amide bonds. The van der Waals surface area contributed by atoms with Crippen LogP contribution in [-0.4, -0.2) is 25.6 Å². The van der Waals surface area contributed by atoms with Crippen molar-refractivity contribution in [2.45, 2.75) is 0 Å². The lowest BCUT2D eigenvalue weighted by molar-refractivity contribution is 0.323. The predicted molar refractivity (Wildman–Crippen MR) is 42.0 cm³/mol. The van der Waals surface area contributed by atoms with Crippen LogP contribution in [0.25, 0.3) is 0 Å². The van der Waals surface area contributed by atoms with Gasteiger partial charge in [0.05, 0.1) is 12.2 Å². The Kier molecular flexibility index (Phi) is 2.34. The second-order valence-corrected chi connectivity index (χ2v) is 2.11. The van der Waals surface area contributed by atoms with Crippen molar-refractivity contribution < 1.29 is 0 Å². The van der Waals surface area contributed by atoms with E-state index in [2.05, 4.69) is 22.9 Å². The van der Waals surface area contributed by atoms with Gasteiger partial charge in [-0.05, 0) is 6.08 Å². The van der Waals surface area contributed by atoms with Gasteiger partial charge >= 0.3 is 0 Å². The summed E-state index contributed by atoms with van der Waals surface area (Å²) in [6, 6.07) is 0. The monoisotopic (exact) mass is 139 g/mol. The molecule has 0 aromatic rings. The number of hydrazine groups is 1. The molecule has 1 aliphatic rings. The smallest absolute Gasteiger partial charge is 0.0523 e. The average molecular weight is 139 g/mol. The van der Waals surface area contributed by atoms with Crippen molar-refractivity contribution in [3.05, 3.63) is 24.0 Å². The summed E-state index contributed by atoms with van der Waals surface area (Å²) in [5, 5.41) is 5.07. The van der Waals surface area contributed by atoms with Crippen molar-refractivity contribution in [2.75, 3.05) is 20.6 Å². The van der Waals surface area contributed by atoms with Crippen LogP contribution in [0.5, 0.6) is 0 Å². The Hall–Kier alpha value is -0.960. The molecule has 1 aliphatic heterocycles. The van der Waals surface area contributed by atoms with E-state index in [1.54, 1.807) is 0 Å². The maximum absolute atomic E-state index is 3.06. The molecule has 3 nitrogen and oxygen atoms in total. The first-order chi connectivity index (χ1) is 4.86. The molecule has 0 aromatic heterocycles. The van der Waals surface area contributed by atoms with Gasteiger partial charge in [-0.15, -0.1) is 0 Å². The zero-order valence-corrected chi connectivity index (χ0v) is 6.39. The normalized spacial score (nSPS) is 17.0. The van der Waals surface area contributed by atoms with Gasteiger partial charge < -0.3 is 10.3 Å². The number of hydrogen-bond donors (Lipinski definition) is 2. The first-order valence-electron chi connectivity index (χ1n) is 3.37.